The average Bonchev–Trinajstić information content (AvgIpc) is 2.70. The number of anilines is 1. The molecule has 0 aromatic heterocycles. The third-order valence-corrected chi connectivity index (χ3v) is 6.44. The summed E-state index contributed by atoms with van der Waals surface area (Å²) < 4.78 is 23.1. The SMILES string of the molecule is CCCCCCCCCCCCCCCCCC(=O)Nc1ccccc1S(N)(=O)=O. The standard InChI is InChI=1S/C24H42N2O3S/c1-2-3-4-5-6-7-8-9-10-11-12-13-14-15-16-21-24(27)26-22-19-17-18-20-23(22)30(25,28)29/h17-20H,2-16,21H2,1H3,(H,26,27)(H2,25,28,29). The second-order valence-corrected chi connectivity index (χ2v) is 9.82. The molecule has 0 radical (unpaired) electrons. The lowest BCUT2D eigenvalue weighted by atomic mass is 10.0. The molecule has 1 aromatic carbocycles. The van der Waals surface area contributed by atoms with Gasteiger partial charge in [-0.05, 0) is 18.6 Å². The molecule has 0 saturated heterocycles. The second kappa shape index (κ2) is 16.3. The van der Waals surface area contributed by atoms with Crippen molar-refractivity contribution in [1.29, 1.82) is 0 Å². The number of benzene rings is 1. The topological polar surface area (TPSA) is 89.3 Å². The van der Waals surface area contributed by atoms with Gasteiger partial charge in [0.25, 0.3) is 0 Å². The molecule has 0 spiro atoms. The molecule has 0 heterocycles. The quantitative estimate of drug-likeness (QED) is 0.255. The first-order valence-corrected chi connectivity index (χ1v) is 13.4. The molecule has 1 rings (SSSR count). The zero-order valence-electron chi connectivity index (χ0n) is 18.8. The molecule has 3 N–H and O–H groups in total. The van der Waals surface area contributed by atoms with Crippen LogP contribution < -0.4 is 10.5 Å². The van der Waals surface area contributed by atoms with E-state index in [4.69, 9.17) is 5.14 Å². The number of carbonyl (C=O) groups excluding carboxylic acids is 1. The number of primary sulfonamides is 1. The van der Waals surface area contributed by atoms with Crippen molar-refractivity contribution < 1.29 is 13.2 Å². The summed E-state index contributed by atoms with van der Waals surface area (Å²) in [4.78, 5) is 12.0. The fourth-order valence-electron chi connectivity index (χ4n) is 3.69. The maximum absolute atomic E-state index is 12.1. The molecule has 0 atom stereocenters. The van der Waals surface area contributed by atoms with Crippen LogP contribution in [-0.2, 0) is 14.8 Å². The van der Waals surface area contributed by atoms with Gasteiger partial charge < -0.3 is 5.32 Å². The first kappa shape index (κ1) is 26.6. The molecule has 172 valence electrons. The summed E-state index contributed by atoms with van der Waals surface area (Å²) in [5.41, 5.74) is 0.256. The van der Waals surface area contributed by atoms with E-state index in [0.717, 1.165) is 19.3 Å². The number of rotatable bonds is 18. The molecule has 0 aliphatic carbocycles. The average molecular weight is 439 g/mol. The molecule has 1 amide bonds. The number of amides is 1. The first-order valence-electron chi connectivity index (χ1n) is 11.9. The first-order chi connectivity index (χ1) is 14.4. The molecule has 0 aliphatic rings. The summed E-state index contributed by atoms with van der Waals surface area (Å²) in [6.07, 6.45) is 19.7. The number of carbonyl (C=O) groups is 1. The van der Waals surface area contributed by atoms with Gasteiger partial charge in [-0.15, -0.1) is 0 Å². The van der Waals surface area contributed by atoms with Crippen LogP contribution in [0.15, 0.2) is 29.2 Å². The number of hydrogen-bond acceptors (Lipinski definition) is 3. The number of para-hydroxylation sites is 1. The Morgan fingerprint density at radius 2 is 1.20 bits per heavy atom. The Morgan fingerprint density at radius 1 is 0.767 bits per heavy atom. The monoisotopic (exact) mass is 438 g/mol. The van der Waals surface area contributed by atoms with E-state index in [0.29, 0.717) is 6.42 Å². The molecule has 0 bridgehead atoms. The zero-order valence-corrected chi connectivity index (χ0v) is 19.6. The Balaban J connectivity index is 1.98. The van der Waals surface area contributed by atoms with E-state index in [9.17, 15) is 13.2 Å². The fourth-order valence-corrected chi connectivity index (χ4v) is 4.38. The van der Waals surface area contributed by atoms with E-state index in [1.54, 1.807) is 18.2 Å². The van der Waals surface area contributed by atoms with Crippen molar-refractivity contribution in [1.82, 2.24) is 0 Å². The van der Waals surface area contributed by atoms with E-state index in [-0.39, 0.29) is 16.5 Å². The van der Waals surface area contributed by atoms with Gasteiger partial charge >= 0.3 is 0 Å². The Hall–Kier alpha value is -1.40. The molecule has 0 fully saturated rings. The maximum Gasteiger partial charge on any atom is 0.240 e. The van der Waals surface area contributed by atoms with Gasteiger partial charge in [-0.25, -0.2) is 13.6 Å². The van der Waals surface area contributed by atoms with Crippen molar-refractivity contribution in [2.24, 2.45) is 5.14 Å². The Kier molecular flexibility index (Phi) is 14.5. The minimum Gasteiger partial charge on any atom is -0.325 e. The molecule has 5 nitrogen and oxygen atoms in total. The summed E-state index contributed by atoms with van der Waals surface area (Å²) in [7, 11) is -3.84. The Bertz CT molecular complexity index is 689. The highest BCUT2D eigenvalue weighted by molar-refractivity contribution is 7.89. The van der Waals surface area contributed by atoms with Crippen LogP contribution in [0, 0.1) is 0 Å². The molecule has 30 heavy (non-hydrogen) atoms. The minimum atomic E-state index is -3.84. The highest BCUT2D eigenvalue weighted by Crippen LogP contribution is 2.20. The number of nitrogens with one attached hydrogen (secondary N) is 1. The van der Waals surface area contributed by atoms with Gasteiger partial charge in [0.15, 0.2) is 0 Å². The van der Waals surface area contributed by atoms with Gasteiger partial charge in [0.05, 0.1) is 5.69 Å². The van der Waals surface area contributed by atoms with E-state index < -0.39 is 10.0 Å². The summed E-state index contributed by atoms with van der Waals surface area (Å²) in [5.74, 6) is -0.166. The third-order valence-electron chi connectivity index (χ3n) is 5.48. The van der Waals surface area contributed by atoms with E-state index >= 15 is 0 Å². The van der Waals surface area contributed by atoms with Crippen molar-refractivity contribution in [2.75, 3.05) is 5.32 Å². The van der Waals surface area contributed by atoms with E-state index in [1.807, 2.05) is 0 Å². The Labute approximate surface area is 184 Å². The Morgan fingerprint density at radius 3 is 1.67 bits per heavy atom. The number of nitrogens with two attached hydrogens (primary N) is 1. The van der Waals surface area contributed by atoms with Crippen LogP contribution in [0.4, 0.5) is 5.69 Å². The van der Waals surface area contributed by atoms with Gasteiger partial charge in [0, 0.05) is 6.42 Å². The van der Waals surface area contributed by atoms with Crippen molar-refractivity contribution >= 4 is 21.6 Å². The van der Waals surface area contributed by atoms with Gasteiger partial charge in [-0.1, -0.05) is 109 Å². The van der Waals surface area contributed by atoms with Gasteiger partial charge in [-0.2, -0.15) is 0 Å². The van der Waals surface area contributed by atoms with Crippen molar-refractivity contribution in [3.05, 3.63) is 24.3 Å². The molecule has 0 unspecified atom stereocenters. The number of unbranched alkanes of at least 4 members (excludes halogenated alkanes) is 14. The fraction of sp³-hybridized carbons (Fsp3) is 0.708. The summed E-state index contributed by atoms with van der Waals surface area (Å²) in [6.45, 7) is 2.26. The highest BCUT2D eigenvalue weighted by Gasteiger charge is 2.14. The van der Waals surface area contributed by atoms with Gasteiger partial charge in [0.1, 0.15) is 4.90 Å². The van der Waals surface area contributed by atoms with Crippen molar-refractivity contribution in [3.8, 4) is 0 Å². The van der Waals surface area contributed by atoms with E-state index in [1.165, 1.54) is 83.1 Å². The molecule has 0 aliphatic heterocycles. The second-order valence-electron chi connectivity index (χ2n) is 8.29. The normalized spacial score (nSPS) is 11.5. The zero-order chi connectivity index (χ0) is 22.1. The van der Waals surface area contributed by atoms with Crippen LogP contribution in [0.1, 0.15) is 110 Å². The van der Waals surface area contributed by atoms with Crippen molar-refractivity contribution in [3.63, 3.8) is 0 Å². The molecule has 1 aromatic rings. The summed E-state index contributed by atoms with van der Waals surface area (Å²) >= 11 is 0. The minimum absolute atomic E-state index is 0.0464. The van der Waals surface area contributed by atoms with Gasteiger partial charge in [0.2, 0.25) is 15.9 Å². The molecule has 6 heteroatoms. The van der Waals surface area contributed by atoms with Crippen LogP contribution in [-0.4, -0.2) is 14.3 Å². The van der Waals surface area contributed by atoms with Crippen LogP contribution in [0.25, 0.3) is 0 Å². The molecular weight excluding hydrogens is 396 g/mol. The maximum atomic E-state index is 12.1. The van der Waals surface area contributed by atoms with Crippen molar-refractivity contribution in [2.45, 2.75) is 115 Å². The summed E-state index contributed by atoms with van der Waals surface area (Å²) in [5, 5.41) is 7.86. The number of hydrogen-bond donors (Lipinski definition) is 2. The largest absolute Gasteiger partial charge is 0.325 e. The molecular formula is C24H42N2O3S. The lowest BCUT2D eigenvalue weighted by molar-refractivity contribution is -0.116. The molecule has 0 saturated carbocycles. The van der Waals surface area contributed by atoms with Crippen LogP contribution >= 0.6 is 0 Å². The third kappa shape index (κ3) is 13.0. The van der Waals surface area contributed by atoms with Crippen LogP contribution in [0.5, 0.6) is 0 Å². The lowest BCUT2D eigenvalue weighted by Gasteiger charge is -2.09. The summed E-state index contributed by atoms with van der Waals surface area (Å²) in [6, 6.07) is 6.23. The predicted octanol–water partition coefficient (Wildman–Crippen LogP) is 6.53. The number of sulfonamides is 1. The van der Waals surface area contributed by atoms with Crippen LogP contribution in [0.3, 0.4) is 0 Å². The highest BCUT2D eigenvalue weighted by atomic mass is 32.2. The van der Waals surface area contributed by atoms with Gasteiger partial charge in [-0.3, -0.25) is 4.79 Å². The van der Waals surface area contributed by atoms with Crippen LogP contribution in [0.2, 0.25) is 0 Å². The predicted molar refractivity (Wildman–Crippen MR) is 126 cm³/mol. The smallest absolute Gasteiger partial charge is 0.240 e. The lowest BCUT2D eigenvalue weighted by Crippen LogP contribution is -2.18. The van der Waals surface area contributed by atoms with E-state index in [2.05, 4.69) is 12.2 Å².